The van der Waals surface area contributed by atoms with Gasteiger partial charge in [-0.15, -0.1) is 0 Å². The minimum Gasteiger partial charge on any atom is -0.480 e. The molecule has 1 atom stereocenters. The highest BCUT2D eigenvalue weighted by molar-refractivity contribution is 7.59. The van der Waals surface area contributed by atoms with Crippen LogP contribution in [-0.2, 0) is 4.79 Å². The topological polar surface area (TPSA) is 49.3 Å². The van der Waals surface area contributed by atoms with Crippen LogP contribution >= 0.6 is 13.5 Å². The lowest BCUT2D eigenvalue weighted by Crippen LogP contribution is -2.29. The van der Waals surface area contributed by atoms with Gasteiger partial charge in [0.05, 0.1) is 0 Å². The van der Waals surface area contributed by atoms with Crippen molar-refractivity contribution in [3.8, 4) is 0 Å². The summed E-state index contributed by atoms with van der Waals surface area (Å²) < 4.78 is 0. The fourth-order valence-electron chi connectivity index (χ4n) is 0.895. The van der Waals surface area contributed by atoms with Gasteiger partial charge in [-0.1, -0.05) is 0 Å². The number of aliphatic carboxylic acids is 1. The maximum absolute atomic E-state index is 10.1. The van der Waals surface area contributed by atoms with Crippen molar-refractivity contribution in [2.24, 2.45) is 0 Å². The minimum atomic E-state index is -0.720. The first-order valence-electron chi connectivity index (χ1n) is 2.77. The first-order valence-corrected chi connectivity index (χ1v) is 2.77. The van der Waals surface area contributed by atoms with E-state index in [2.05, 4.69) is 5.32 Å². The van der Waals surface area contributed by atoms with Gasteiger partial charge in [-0.25, -0.2) is 0 Å². The smallest absolute Gasteiger partial charge is 0.320 e. The molecule has 1 aliphatic rings. The molecule has 0 bridgehead atoms. The molecule has 0 aromatic rings. The van der Waals surface area contributed by atoms with Gasteiger partial charge in [0.1, 0.15) is 6.04 Å². The molecule has 1 rings (SSSR count). The third kappa shape index (κ3) is 2.24. The van der Waals surface area contributed by atoms with Gasteiger partial charge in [0.25, 0.3) is 0 Å². The quantitative estimate of drug-likeness (QED) is 0.549. The summed E-state index contributed by atoms with van der Waals surface area (Å²) in [5.41, 5.74) is 0. The summed E-state index contributed by atoms with van der Waals surface area (Å²) in [6, 6.07) is -0.269. The lowest BCUT2D eigenvalue weighted by atomic mass is 10.2. The summed E-state index contributed by atoms with van der Waals surface area (Å²) >= 11 is 0. The van der Waals surface area contributed by atoms with Gasteiger partial charge in [0, 0.05) is 0 Å². The molecule has 0 amide bonds. The molecule has 0 spiro atoms. The fraction of sp³-hybridized carbons (Fsp3) is 0.800. The second-order valence-electron chi connectivity index (χ2n) is 1.99. The average Bonchev–Trinajstić information content (AvgIpc) is 2.12. The maximum atomic E-state index is 10.1. The van der Waals surface area contributed by atoms with E-state index in [1.165, 1.54) is 0 Å². The number of rotatable bonds is 1. The molecule has 0 aliphatic carbocycles. The highest BCUT2D eigenvalue weighted by Crippen LogP contribution is 2.03. The molecule has 0 radical (unpaired) electrons. The van der Waals surface area contributed by atoms with Gasteiger partial charge >= 0.3 is 5.97 Å². The van der Waals surface area contributed by atoms with Gasteiger partial charge in [-0.05, 0) is 19.4 Å². The van der Waals surface area contributed by atoms with Crippen LogP contribution in [0.2, 0.25) is 0 Å². The third-order valence-corrected chi connectivity index (χ3v) is 1.36. The van der Waals surface area contributed by atoms with Crippen molar-refractivity contribution in [2.75, 3.05) is 6.54 Å². The SMILES string of the molecule is O=C(O)[C@@H]1CCCN1.S. The molecular weight excluding hydrogens is 138 g/mol. The lowest BCUT2D eigenvalue weighted by Gasteiger charge is -1.99. The standard InChI is InChI=1S/C5H9NO2.H2S/c7-5(8)4-2-1-3-6-4;/h4,6H,1-3H2,(H,7,8);1H2/t4-;/m0./s1. The molecule has 0 aromatic heterocycles. The first kappa shape index (κ1) is 8.78. The van der Waals surface area contributed by atoms with E-state index in [1.54, 1.807) is 0 Å². The van der Waals surface area contributed by atoms with Crippen LogP contribution in [0.4, 0.5) is 0 Å². The predicted octanol–water partition coefficient (Wildman–Crippen LogP) is -0.0642. The van der Waals surface area contributed by atoms with Crippen LogP contribution in [0.1, 0.15) is 12.8 Å². The fourth-order valence-corrected chi connectivity index (χ4v) is 0.895. The van der Waals surface area contributed by atoms with Gasteiger partial charge in [-0.2, -0.15) is 13.5 Å². The van der Waals surface area contributed by atoms with Crippen LogP contribution in [0.25, 0.3) is 0 Å². The van der Waals surface area contributed by atoms with E-state index in [0.29, 0.717) is 0 Å². The first-order chi connectivity index (χ1) is 3.80. The van der Waals surface area contributed by atoms with Crippen molar-refractivity contribution in [3.05, 3.63) is 0 Å². The number of hydrogen-bond acceptors (Lipinski definition) is 2. The van der Waals surface area contributed by atoms with E-state index in [-0.39, 0.29) is 19.5 Å². The number of nitrogens with one attached hydrogen (secondary N) is 1. The Labute approximate surface area is 60.9 Å². The molecule has 9 heavy (non-hydrogen) atoms. The van der Waals surface area contributed by atoms with Crippen molar-refractivity contribution >= 4 is 19.5 Å². The summed E-state index contributed by atoms with van der Waals surface area (Å²) in [7, 11) is 0. The largest absolute Gasteiger partial charge is 0.480 e. The molecule has 1 aliphatic heterocycles. The number of carbonyl (C=O) groups is 1. The minimum absolute atomic E-state index is 0. The van der Waals surface area contributed by atoms with Crippen LogP contribution in [0.5, 0.6) is 0 Å². The molecule has 4 heteroatoms. The molecule has 3 nitrogen and oxygen atoms in total. The zero-order valence-corrected chi connectivity index (χ0v) is 6.05. The van der Waals surface area contributed by atoms with Crippen molar-refractivity contribution in [1.29, 1.82) is 0 Å². The van der Waals surface area contributed by atoms with Crippen molar-refractivity contribution in [3.63, 3.8) is 0 Å². The number of carboxylic acid groups (broad SMARTS) is 1. The molecule has 54 valence electrons. The molecular formula is C5H11NO2S. The molecule has 1 fully saturated rings. The molecule has 1 saturated heterocycles. The molecule has 2 N–H and O–H groups in total. The van der Waals surface area contributed by atoms with Gasteiger partial charge in [0.2, 0.25) is 0 Å². The highest BCUT2D eigenvalue weighted by Gasteiger charge is 2.20. The van der Waals surface area contributed by atoms with Crippen molar-refractivity contribution < 1.29 is 9.90 Å². The van der Waals surface area contributed by atoms with Crippen LogP contribution in [0.3, 0.4) is 0 Å². The third-order valence-electron chi connectivity index (χ3n) is 1.36. The Morgan fingerprint density at radius 2 is 2.33 bits per heavy atom. The van der Waals surface area contributed by atoms with Crippen LogP contribution in [0, 0.1) is 0 Å². The number of carboxylic acids is 1. The Bertz CT molecular complexity index is 101. The average molecular weight is 149 g/mol. The summed E-state index contributed by atoms with van der Waals surface area (Å²) in [6.07, 6.45) is 1.78. The van der Waals surface area contributed by atoms with Crippen LogP contribution < -0.4 is 5.32 Å². The van der Waals surface area contributed by atoms with Crippen LogP contribution in [0.15, 0.2) is 0 Å². The van der Waals surface area contributed by atoms with E-state index in [0.717, 1.165) is 19.4 Å². The van der Waals surface area contributed by atoms with E-state index in [9.17, 15) is 4.79 Å². The zero-order valence-electron chi connectivity index (χ0n) is 5.05. The molecule has 0 aromatic carbocycles. The second kappa shape index (κ2) is 3.74. The highest BCUT2D eigenvalue weighted by atomic mass is 32.1. The monoisotopic (exact) mass is 149 g/mol. The molecule has 0 unspecified atom stereocenters. The van der Waals surface area contributed by atoms with Crippen molar-refractivity contribution in [2.45, 2.75) is 18.9 Å². The summed E-state index contributed by atoms with van der Waals surface area (Å²) in [6.45, 7) is 0.858. The summed E-state index contributed by atoms with van der Waals surface area (Å²) in [5.74, 6) is -0.720. The lowest BCUT2D eigenvalue weighted by molar-refractivity contribution is -0.139. The Balaban J connectivity index is 0.000000640. The Hall–Kier alpha value is -0.220. The van der Waals surface area contributed by atoms with E-state index in [1.807, 2.05) is 0 Å². The van der Waals surface area contributed by atoms with E-state index in [4.69, 9.17) is 5.11 Å². The normalized spacial score (nSPS) is 25.1. The van der Waals surface area contributed by atoms with E-state index >= 15 is 0 Å². The Morgan fingerprint density at radius 3 is 2.56 bits per heavy atom. The summed E-state index contributed by atoms with van der Waals surface area (Å²) in [4.78, 5) is 10.1. The Kier molecular flexibility index (Phi) is 3.65. The molecule has 0 saturated carbocycles. The van der Waals surface area contributed by atoms with Crippen LogP contribution in [-0.4, -0.2) is 23.7 Å². The zero-order chi connectivity index (χ0) is 5.98. The van der Waals surface area contributed by atoms with Gasteiger partial charge < -0.3 is 10.4 Å². The van der Waals surface area contributed by atoms with Crippen molar-refractivity contribution in [1.82, 2.24) is 5.32 Å². The van der Waals surface area contributed by atoms with Gasteiger partial charge in [-0.3, -0.25) is 4.79 Å². The number of hydrogen-bond donors (Lipinski definition) is 2. The van der Waals surface area contributed by atoms with E-state index < -0.39 is 5.97 Å². The Morgan fingerprint density at radius 1 is 1.67 bits per heavy atom. The maximum Gasteiger partial charge on any atom is 0.320 e. The van der Waals surface area contributed by atoms with Gasteiger partial charge in [0.15, 0.2) is 0 Å². The summed E-state index contributed by atoms with van der Waals surface area (Å²) in [5, 5.41) is 11.2. The predicted molar refractivity (Wildman–Crippen MR) is 39.0 cm³/mol. The molecule has 1 heterocycles. The second-order valence-corrected chi connectivity index (χ2v) is 1.99.